The van der Waals surface area contributed by atoms with Gasteiger partial charge in [-0.1, -0.05) is 159 Å². The van der Waals surface area contributed by atoms with Gasteiger partial charge in [-0.25, -0.2) is 0 Å². The van der Waals surface area contributed by atoms with E-state index in [-0.39, 0.29) is 12.3 Å². The molecule has 0 spiro atoms. The minimum Gasteiger partial charge on any atom is -0.387 e. The van der Waals surface area contributed by atoms with Gasteiger partial charge in [-0.05, 0) is 44.9 Å². The number of aliphatic hydroxyl groups is 1. The van der Waals surface area contributed by atoms with Gasteiger partial charge in [0.05, 0.1) is 17.9 Å². The van der Waals surface area contributed by atoms with E-state index in [4.69, 9.17) is 0 Å². The fourth-order valence-corrected chi connectivity index (χ4v) is 6.04. The van der Waals surface area contributed by atoms with Crippen molar-refractivity contribution >= 4 is 16.0 Å². The van der Waals surface area contributed by atoms with Gasteiger partial charge in [0.1, 0.15) is 0 Å². The van der Waals surface area contributed by atoms with Gasteiger partial charge in [-0.3, -0.25) is 9.35 Å². The van der Waals surface area contributed by atoms with Crippen molar-refractivity contribution in [3.05, 3.63) is 36.5 Å². The van der Waals surface area contributed by atoms with Gasteiger partial charge < -0.3 is 10.4 Å². The van der Waals surface area contributed by atoms with Gasteiger partial charge in [-0.15, -0.1) is 0 Å². The summed E-state index contributed by atoms with van der Waals surface area (Å²) in [6.45, 7) is 4.48. The first-order valence-corrected chi connectivity index (χ1v) is 19.8. The van der Waals surface area contributed by atoms with Crippen LogP contribution in [0.1, 0.15) is 174 Å². The summed E-state index contributed by atoms with van der Waals surface area (Å²) in [5.74, 6) is -1.01. The highest BCUT2D eigenvalue weighted by Gasteiger charge is 2.24. The molecule has 0 aliphatic rings. The van der Waals surface area contributed by atoms with E-state index >= 15 is 0 Å². The number of nitrogens with one attached hydrogen (secondary N) is 1. The molecule has 0 aromatic carbocycles. The third-order valence-electron chi connectivity index (χ3n) is 8.05. The molecule has 0 saturated heterocycles. The molecule has 0 bridgehead atoms. The van der Waals surface area contributed by atoms with Crippen LogP contribution in [-0.2, 0) is 14.9 Å². The average molecular weight is 640 g/mol. The van der Waals surface area contributed by atoms with Crippen LogP contribution in [0.2, 0.25) is 0 Å². The highest BCUT2D eigenvalue weighted by molar-refractivity contribution is 7.85. The van der Waals surface area contributed by atoms with Gasteiger partial charge >= 0.3 is 0 Å². The van der Waals surface area contributed by atoms with Crippen molar-refractivity contribution in [3.8, 4) is 0 Å². The van der Waals surface area contributed by atoms with E-state index in [1.807, 2.05) is 0 Å². The Hall–Kier alpha value is -1.44. The summed E-state index contributed by atoms with van der Waals surface area (Å²) in [6, 6.07) is -1.07. The maximum atomic E-state index is 12.4. The average Bonchev–Trinajstić information content (AvgIpc) is 2.98. The quantitative estimate of drug-likeness (QED) is 0.0386. The number of carbonyl (C=O) groups is 1. The molecule has 0 aliphatic heterocycles. The van der Waals surface area contributed by atoms with Crippen LogP contribution in [0, 0.1) is 0 Å². The molecule has 0 saturated carbocycles. The van der Waals surface area contributed by atoms with Gasteiger partial charge in [0.15, 0.2) is 0 Å². The van der Waals surface area contributed by atoms with Crippen molar-refractivity contribution in [2.75, 3.05) is 5.75 Å². The molecule has 0 fully saturated rings. The standard InChI is InChI=1S/C37H69NO5S/c1-3-5-7-9-11-13-15-17-19-21-23-25-27-29-31-33-37(40)38-35(34-44(41,42)43)36(39)32-30-28-26-24-22-20-18-16-14-12-10-8-6-4-2/h14,16,22,24,30,32,35-36,39H,3-13,15,17-21,23,25-29,31,33-34H2,1-2H3,(H,38,40)(H,41,42,43)/b16-14+,24-22+,32-30+. The largest absolute Gasteiger partial charge is 0.387 e. The first-order valence-electron chi connectivity index (χ1n) is 18.2. The van der Waals surface area contributed by atoms with Crippen molar-refractivity contribution in [1.82, 2.24) is 5.32 Å². The van der Waals surface area contributed by atoms with Crippen LogP contribution in [-0.4, -0.2) is 41.9 Å². The molecule has 0 aromatic rings. The predicted molar refractivity (Wildman–Crippen MR) is 189 cm³/mol. The van der Waals surface area contributed by atoms with Crippen molar-refractivity contribution in [2.24, 2.45) is 0 Å². The van der Waals surface area contributed by atoms with E-state index < -0.39 is 28.0 Å². The van der Waals surface area contributed by atoms with E-state index in [1.165, 1.54) is 109 Å². The van der Waals surface area contributed by atoms with Crippen molar-refractivity contribution < 1.29 is 22.9 Å². The number of allylic oxidation sites excluding steroid dienone is 5. The number of hydrogen-bond acceptors (Lipinski definition) is 4. The molecule has 0 radical (unpaired) electrons. The maximum absolute atomic E-state index is 12.4. The molecular weight excluding hydrogens is 570 g/mol. The summed E-state index contributed by atoms with van der Waals surface area (Å²) in [4.78, 5) is 12.4. The molecule has 0 aliphatic carbocycles. The van der Waals surface area contributed by atoms with E-state index in [0.717, 1.165) is 44.9 Å². The zero-order valence-electron chi connectivity index (χ0n) is 28.5. The summed E-state index contributed by atoms with van der Waals surface area (Å²) in [6.07, 6.45) is 39.8. The molecule has 44 heavy (non-hydrogen) atoms. The van der Waals surface area contributed by atoms with Crippen LogP contribution in [0.4, 0.5) is 0 Å². The summed E-state index contributed by atoms with van der Waals surface area (Å²) < 4.78 is 32.3. The van der Waals surface area contributed by atoms with Crippen molar-refractivity contribution in [2.45, 2.75) is 187 Å². The van der Waals surface area contributed by atoms with Crippen LogP contribution in [0.25, 0.3) is 0 Å². The Labute approximate surface area is 272 Å². The molecule has 0 aromatic heterocycles. The highest BCUT2D eigenvalue weighted by atomic mass is 32.2. The van der Waals surface area contributed by atoms with Crippen LogP contribution < -0.4 is 5.32 Å². The summed E-state index contributed by atoms with van der Waals surface area (Å²) in [5.41, 5.74) is 0. The number of aliphatic hydroxyl groups excluding tert-OH is 1. The SMILES string of the molecule is CCCCCC/C=C/CC/C=C/CC/C=C/C(O)C(CS(=O)(=O)O)NC(=O)CCCCCCCCCCCCCCCCC. The number of carbonyl (C=O) groups excluding carboxylic acids is 1. The molecule has 258 valence electrons. The second kappa shape index (κ2) is 31.5. The first kappa shape index (κ1) is 42.6. The molecular formula is C37H69NO5S. The molecule has 0 heterocycles. The number of hydrogen-bond donors (Lipinski definition) is 3. The Morgan fingerprint density at radius 1 is 0.591 bits per heavy atom. The van der Waals surface area contributed by atoms with Crippen molar-refractivity contribution in [3.63, 3.8) is 0 Å². The lowest BCUT2D eigenvalue weighted by atomic mass is 10.0. The second-order valence-corrected chi connectivity index (χ2v) is 14.0. The maximum Gasteiger partial charge on any atom is 0.267 e. The Bertz CT molecular complexity index is 837. The Morgan fingerprint density at radius 2 is 0.977 bits per heavy atom. The normalized spacial score (nSPS) is 13.8. The van der Waals surface area contributed by atoms with Crippen LogP contribution in [0.5, 0.6) is 0 Å². The summed E-state index contributed by atoms with van der Waals surface area (Å²) in [5, 5.41) is 13.1. The monoisotopic (exact) mass is 639 g/mol. The third-order valence-corrected chi connectivity index (χ3v) is 8.83. The third kappa shape index (κ3) is 32.0. The van der Waals surface area contributed by atoms with E-state index in [0.29, 0.717) is 6.42 Å². The predicted octanol–water partition coefficient (Wildman–Crippen LogP) is 10.2. The van der Waals surface area contributed by atoms with Crippen LogP contribution in [0.15, 0.2) is 36.5 Å². The smallest absolute Gasteiger partial charge is 0.267 e. The van der Waals surface area contributed by atoms with Gasteiger partial charge in [0.25, 0.3) is 10.1 Å². The molecule has 0 rings (SSSR count). The molecule has 3 N–H and O–H groups in total. The zero-order valence-corrected chi connectivity index (χ0v) is 29.3. The number of rotatable bonds is 32. The number of unbranched alkanes of at least 4 members (excludes halogenated alkanes) is 20. The lowest BCUT2D eigenvalue weighted by Crippen LogP contribution is -2.46. The molecule has 2 atom stereocenters. The fourth-order valence-electron chi connectivity index (χ4n) is 5.30. The Kier molecular flexibility index (Phi) is 30.5. The first-order chi connectivity index (χ1) is 21.3. The van der Waals surface area contributed by atoms with E-state index in [1.54, 1.807) is 6.08 Å². The van der Waals surface area contributed by atoms with Crippen LogP contribution >= 0.6 is 0 Å². The highest BCUT2D eigenvalue weighted by Crippen LogP contribution is 2.14. The summed E-state index contributed by atoms with van der Waals surface area (Å²) >= 11 is 0. The summed E-state index contributed by atoms with van der Waals surface area (Å²) in [7, 11) is -4.35. The van der Waals surface area contributed by atoms with Crippen LogP contribution in [0.3, 0.4) is 0 Å². The van der Waals surface area contributed by atoms with Gasteiger partial charge in [0.2, 0.25) is 5.91 Å². The zero-order chi connectivity index (χ0) is 32.6. The Morgan fingerprint density at radius 3 is 1.43 bits per heavy atom. The van der Waals surface area contributed by atoms with Gasteiger partial charge in [-0.2, -0.15) is 8.42 Å². The second-order valence-electron chi connectivity index (χ2n) is 12.5. The minimum absolute atomic E-state index is 0.287. The Balaban J connectivity index is 4.05. The van der Waals surface area contributed by atoms with Crippen molar-refractivity contribution in [1.29, 1.82) is 0 Å². The topological polar surface area (TPSA) is 104 Å². The number of amides is 1. The van der Waals surface area contributed by atoms with Gasteiger partial charge in [0, 0.05) is 6.42 Å². The lowest BCUT2D eigenvalue weighted by molar-refractivity contribution is -0.122. The molecule has 2 unspecified atom stereocenters. The van der Waals surface area contributed by atoms with E-state index in [9.17, 15) is 22.9 Å². The molecule has 1 amide bonds. The molecule has 7 heteroatoms. The fraction of sp³-hybridized carbons (Fsp3) is 0.811. The molecule has 6 nitrogen and oxygen atoms in total. The minimum atomic E-state index is -4.35. The van der Waals surface area contributed by atoms with E-state index in [2.05, 4.69) is 43.5 Å². The lowest BCUT2D eigenvalue weighted by Gasteiger charge is -2.21.